The average Bonchev–Trinajstić information content (AvgIpc) is 2.45. The van der Waals surface area contributed by atoms with Crippen molar-refractivity contribution in [2.75, 3.05) is 13.1 Å². The van der Waals surface area contributed by atoms with Crippen molar-refractivity contribution in [1.29, 1.82) is 0 Å². The smallest absolute Gasteiger partial charge is 0.393 e. The first-order valence-corrected chi connectivity index (χ1v) is 7.05. The number of nitrogens with zero attached hydrogens (tertiary/aromatic N) is 1. The van der Waals surface area contributed by atoms with Crippen LogP contribution in [0.3, 0.4) is 0 Å². The van der Waals surface area contributed by atoms with Crippen LogP contribution in [0, 0.1) is 11.7 Å². The molecule has 0 aliphatic carbocycles. The molecule has 1 N–H and O–H groups in total. The molecule has 2 rings (SSSR count). The number of amides is 1. The molecule has 1 atom stereocenters. The molecule has 1 heterocycles. The van der Waals surface area contributed by atoms with Gasteiger partial charge in [-0.05, 0) is 37.8 Å². The van der Waals surface area contributed by atoms with Crippen LogP contribution in [0.1, 0.15) is 35.7 Å². The predicted molar refractivity (Wildman–Crippen MR) is 71.7 cm³/mol. The van der Waals surface area contributed by atoms with Crippen LogP contribution in [0.15, 0.2) is 18.2 Å². The van der Waals surface area contributed by atoms with E-state index in [1.54, 1.807) is 6.92 Å². The number of carbonyl (C=O) groups excluding carboxylic acids is 1. The van der Waals surface area contributed by atoms with Crippen molar-refractivity contribution in [2.45, 2.75) is 32.0 Å². The number of aliphatic hydroxyl groups is 1. The molecular formula is C15H17F4NO2. The van der Waals surface area contributed by atoms with E-state index in [0.29, 0.717) is 32.0 Å². The zero-order valence-corrected chi connectivity index (χ0v) is 12.0. The van der Waals surface area contributed by atoms with Crippen molar-refractivity contribution < 1.29 is 27.5 Å². The van der Waals surface area contributed by atoms with Gasteiger partial charge in [0.25, 0.3) is 5.91 Å². The third-order valence-corrected chi connectivity index (χ3v) is 4.04. The summed E-state index contributed by atoms with van der Waals surface area (Å²) >= 11 is 0. The molecule has 1 aliphatic heterocycles. The molecule has 0 aromatic heterocycles. The standard InChI is InChI=1S/C15H17F4NO2/c1-9(21)10-5-7-20(8-6-10)14(22)11-3-2-4-12(13(11)16)15(17,18)19/h2-4,9-10,21H,5-8H2,1H3/t9-/m0/s1. The number of halogens is 4. The predicted octanol–water partition coefficient (Wildman–Crippen LogP) is 3.08. The van der Waals surface area contributed by atoms with Crippen LogP contribution >= 0.6 is 0 Å². The monoisotopic (exact) mass is 319 g/mol. The number of hydrogen-bond donors (Lipinski definition) is 1. The molecule has 0 saturated carbocycles. The first-order valence-electron chi connectivity index (χ1n) is 7.05. The zero-order valence-electron chi connectivity index (χ0n) is 12.0. The maximum atomic E-state index is 14.0. The quantitative estimate of drug-likeness (QED) is 0.851. The molecule has 122 valence electrons. The molecule has 0 unspecified atom stereocenters. The Bertz CT molecular complexity index is 549. The molecular weight excluding hydrogens is 302 g/mol. The minimum Gasteiger partial charge on any atom is -0.393 e. The Labute approximate surface area is 125 Å². The van der Waals surface area contributed by atoms with E-state index in [1.807, 2.05) is 0 Å². The summed E-state index contributed by atoms with van der Waals surface area (Å²) in [7, 11) is 0. The summed E-state index contributed by atoms with van der Waals surface area (Å²) in [5, 5.41) is 9.50. The van der Waals surface area contributed by atoms with Crippen molar-refractivity contribution >= 4 is 5.91 Å². The maximum Gasteiger partial charge on any atom is 0.419 e. The fraction of sp³-hybridized carbons (Fsp3) is 0.533. The van der Waals surface area contributed by atoms with E-state index in [9.17, 15) is 27.5 Å². The van der Waals surface area contributed by atoms with Crippen molar-refractivity contribution in [1.82, 2.24) is 4.90 Å². The van der Waals surface area contributed by atoms with Gasteiger partial charge in [-0.3, -0.25) is 4.79 Å². The number of hydrogen-bond acceptors (Lipinski definition) is 2. The summed E-state index contributed by atoms with van der Waals surface area (Å²) in [6.07, 6.45) is -4.24. The van der Waals surface area contributed by atoms with Gasteiger partial charge in [0.2, 0.25) is 0 Å². The third-order valence-electron chi connectivity index (χ3n) is 4.04. The van der Waals surface area contributed by atoms with Crippen LogP contribution in [0.4, 0.5) is 17.6 Å². The molecule has 1 aromatic carbocycles. The second kappa shape index (κ2) is 6.24. The Balaban J connectivity index is 2.18. The highest BCUT2D eigenvalue weighted by molar-refractivity contribution is 5.94. The first kappa shape index (κ1) is 16.7. The normalized spacial score (nSPS) is 18.4. The lowest BCUT2D eigenvalue weighted by molar-refractivity contribution is -0.140. The number of alkyl halides is 3. The SMILES string of the molecule is C[C@H](O)C1CCN(C(=O)c2cccc(C(F)(F)F)c2F)CC1. The van der Waals surface area contributed by atoms with E-state index >= 15 is 0 Å². The van der Waals surface area contributed by atoms with E-state index in [2.05, 4.69) is 0 Å². The highest BCUT2D eigenvalue weighted by Gasteiger charge is 2.36. The van der Waals surface area contributed by atoms with Crippen molar-refractivity contribution in [3.8, 4) is 0 Å². The minimum absolute atomic E-state index is 0.0513. The van der Waals surface area contributed by atoms with Crippen LogP contribution in [-0.4, -0.2) is 35.1 Å². The van der Waals surface area contributed by atoms with Gasteiger partial charge in [0, 0.05) is 13.1 Å². The summed E-state index contributed by atoms with van der Waals surface area (Å²) in [5.74, 6) is -2.22. The van der Waals surface area contributed by atoms with Gasteiger partial charge in [-0.2, -0.15) is 13.2 Å². The summed E-state index contributed by atoms with van der Waals surface area (Å²) in [6.45, 7) is 2.25. The largest absolute Gasteiger partial charge is 0.419 e. The van der Waals surface area contributed by atoms with Crippen LogP contribution in [0.2, 0.25) is 0 Å². The van der Waals surface area contributed by atoms with Gasteiger partial charge in [0.05, 0.1) is 17.2 Å². The van der Waals surface area contributed by atoms with Gasteiger partial charge >= 0.3 is 6.18 Å². The summed E-state index contributed by atoms with van der Waals surface area (Å²) in [6, 6.07) is 2.71. The van der Waals surface area contributed by atoms with Crippen molar-refractivity contribution in [2.24, 2.45) is 5.92 Å². The Morgan fingerprint density at radius 2 is 1.91 bits per heavy atom. The number of benzene rings is 1. The topological polar surface area (TPSA) is 40.5 Å². The molecule has 7 heteroatoms. The number of aliphatic hydroxyl groups excluding tert-OH is 1. The van der Waals surface area contributed by atoms with Crippen LogP contribution in [0.5, 0.6) is 0 Å². The van der Waals surface area contributed by atoms with E-state index in [1.165, 1.54) is 4.90 Å². The lowest BCUT2D eigenvalue weighted by Crippen LogP contribution is -2.41. The highest BCUT2D eigenvalue weighted by atomic mass is 19.4. The lowest BCUT2D eigenvalue weighted by atomic mass is 9.92. The number of likely N-dealkylation sites (tertiary alicyclic amines) is 1. The van der Waals surface area contributed by atoms with E-state index in [4.69, 9.17) is 0 Å². The zero-order chi connectivity index (χ0) is 16.5. The van der Waals surface area contributed by atoms with Gasteiger partial charge in [0.1, 0.15) is 5.82 Å². The number of rotatable bonds is 2. The Morgan fingerprint density at radius 3 is 2.41 bits per heavy atom. The molecule has 1 amide bonds. The Hall–Kier alpha value is -1.63. The van der Waals surface area contributed by atoms with E-state index in [-0.39, 0.29) is 5.92 Å². The first-order chi connectivity index (χ1) is 10.2. The molecule has 1 aliphatic rings. The van der Waals surface area contributed by atoms with Gasteiger partial charge in [-0.25, -0.2) is 4.39 Å². The van der Waals surface area contributed by atoms with Crippen molar-refractivity contribution in [3.05, 3.63) is 35.1 Å². The molecule has 0 bridgehead atoms. The molecule has 0 spiro atoms. The molecule has 1 aromatic rings. The molecule has 1 fully saturated rings. The molecule has 0 radical (unpaired) electrons. The minimum atomic E-state index is -4.83. The lowest BCUT2D eigenvalue weighted by Gasteiger charge is -2.33. The second-order valence-electron chi connectivity index (χ2n) is 5.54. The van der Waals surface area contributed by atoms with Crippen molar-refractivity contribution in [3.63, 3.8) is 0 Å². The average molecular weight is 319 g/mol. The highest BCUT2D eigenvalue weighted by Crippen LogP contribution is 2.33. The Kier molecular flexibility index (Phi) is 4.75. The fourth-order valence-electron chi connectivity index (χ4n) is 2.67. The fourth-order valence-corrected chi connectivity index (χ4v) is 2.67. The molecule has 22 heavy (non-hydrogen) atoms. The summed E-state index contributed by atoms with van der Waals surface area (Å²) < 4.78 is 52.0. The van der Waals surface area contributed by atoms with Crippen LogP contribution in [-0.2, 0) is 6.18 Å². The van der Waals surface area contributed by atoms with Gasteiger partial charge < -0.3 is 10.0 Å². The third kappa shape index (κ3) is 3.40. The van der Waals surface area contributed by atoms with E-state index < -0.39 is 35.1 Å². The molecule has 1 saturated heterocycles. The summed E-state index contributed by atoms with van der Waals surface area (Å²) in [5.41, 5.74) is -2.00. The van der Waals surface area contributed by atoms with Gasteiger partial charge in [0.15, 0.2) is 0 Å². The second-order valence-corrected chi connectivity index (χ2v) is 5.54. The number of carbonyl (C=O) groups is 1. The maximum absolute atomic E-state index is 14.0. The molecule has 3 nitrogen and oxygen atoms in total. The van der Waals surface area contributed by atoms with Crippen LogP contribution < -0.4 is 0 Å². The Morgan fingerprint density at radius 1 is 1.32 bits per heavy atom. The van der Waals surface area contributed by atoms with Crippen LogP contribution in [0.25, 0.3) is 0 Å². The van der Waals surface area contributed by atoms with Gasteiger partial charge in [-0.15, -0.1) is 0 Å². The summed E-state index contributed by atoms with van der Waals surface area (Å²) in [4.78, 5) is 13.6. The van der Waals surface area contributed by atoms with E-state index in [0.717, 1.165) is 12.1 Å². The number of piperidine rings is 1. The van der Waals surface area contributed by atoms with Gasteiger partial charge in [-0.1, -0.05) is 6.07 Å².